The Kier molecular flexibility index (Phi) is 8.33. The summed E-state index contributed by atoms with van der Waals surface area (Å²) >= 11 is 12.3. The van der Waals surface area contributed by atoms with Gasteiger partial charge in [-0.1, -0.05) is 47.5 Å². The molecule has 2 aromatic carbocycles. The van der Waals surface area contributed by atoms with Gasteiger partial charge in [0.1, 0.15) is 11.9 Å². The summed E-state index contributed by atoms with van der Waals surface area (Å²) in [6, 6.07) is 18.0. The van der Waals surface area contributed by atoms with Crippen molar-refractivity contribution in [2.45, 2.75) is 18.9 Å². The summed E-state index contributed by atoms with van der Waals surface area (Å²) in [5, 5.41) is 6.21. The average Bonchev–Trinajstić information content (AvgIpc) is 2.85. The molecule has 4 rings (SSSR count). The third-order valence-electron chi connectivity index (χ3n) is 6.24. The summed E-state index contributed by atoms with van der Waals surface area (Å²) < 4.78 is 4.91. The van der Waals surface area contributed by atoms with Crippen molar-refractivity contribution in [2.24, 2.45) is 5.92 Å². The number of aromatic nitrogens is 1. The SMILES string of the molecule is CNc1cccc(CC2CN(c3ccc(CC(NC(=O)c4c(Cl)cccc4Cl)C(=O)OC)cc3)C2)n1. The number of nitrogens with one attached hydrogen (secondary N) is 2. The lowest BCUT2D eigenvalue weighted by molar-refractivity contribution is -0.142. The third kappa shape index (κ3) is 6.09. The highest BCUT2D eigenvalue weighted by molar-refractivity contribution is 6.39. The van der Waals surface area contributed by atoms with Crippen LogP contribution in [-0.2, 0) is 22.4 Å². The molecule has 0 aliphatic carbocycles. The molecule has 3 aromatic rings. The maximum absolute atomic E-state index is 12.8. The minimum Gasteiger partial charge on any atom is -0.467 e. The summed E-state index contributed by atoms with van der Waals surface area (Å²) in [7, 11) is 3.16. The Hall–Kier alpha value is -3.29. The first-order valence-corrected chi connectivity index (χ1v) is 12.4. The fraction of sp³-hybridized carbons (Fsp3) is 0.296. The number of esters is 1. The molecule has 1 atom stereocenters. The van der Waals surface area contributed by atoms with E-state index in [1.807, 2.05) is 43.4 Å². The highest BCUT2D eigenvalue weighted by atomic mass is 35.5. The number of hydrogen-bond acceptors (Lipinski definition) is 6. The number of amides is 1. The number of nitrogens with zero attached hydrogens (tertiary/aromatic N) is 2. The standard InChI is InChI=1S/C27H28Cl2N4O3/c1-30-24-8-3-5-19(31-24)13-18-15-33(16-18)20-11-9-17(10-12-20)14-23(27(35)36-2)32-26(34)25-21(28)6-4-7-22(25)29/h3-12,18,23H,13-16H2,1-2H3,(H,30,31)(H,32,34). The lowest BCUT2D eigenvalue weighted by Crippen LogP contribution is -2.47. The van der Waals surface area contributed by atoms with Gasteiger partial charge in [0.05, 0.1) is 22.7 Å². The Morgan fingerprint density at radius 1 is 1.06 bits per heavy atom. The van der Waals surface area contributed by atoms with Crippen molar-refractivity contribution >= 4 is 46.6 Å². The molecule has 7 nitrogen and oxygen atoms in total. The zero-order valence-corrected chi connectivity index (χ0v) is 21.6. The van der Waals surface area contributed by atoms with Crippen molar-refractivity contribution in [1.29, 1.82) is 0 Å². The molecule has 0 saturated carbocycles. The quantitative estimate of drug-likeness (QED) is 0.395. The van der Waals surface area contributed by atoms with Gasteiger partial charge in [-0.2, -0.15) is 0 Å². The number of rotatable bonds is 9. The topological polar surface area (TPSA) is 83.6 Å². The number of anilines is 2. The molecule has 0 radical (unpaired) electrons. The van der Waals surface area contributed by atoms with Crippen LogP contribution in [0.5, 0.6) is 0 Å². The van der Waals surface area contributed by atoms with Crippen molar-refractivity contribution < 1.29 is 14.3 Å². The Morgan fingerprint density at radius 2 is 1.72 bits per heavy atom. The van der Waals surface area contributed by atoms with Crippen LogP contribution in [0.4, 0.5) is 11.5 Å². The summed E-state index contributed by atoms with van der Waals surface area (Å²) in [4.78, 5) is 32.1. The van der Waals surface area contributed by atoms with Crippen molar-refractivity contribution in [3.63, 3.8) is 0 Å². The molecular formula is C27H28Cl2N4O3. The molecule has 1 aromatic heterocycles. The second-order valence-electron chi connectivity index (χ2n) is 8.76. The smallest absolute Gasteiger partial charge is 0.328 e. The van der Waals surface area contributed by atoms with Crippen LogP contribution in [0.15, 0.2) is 60.7 Å². The molecule has 1 aliphatic rings. The number of benzene rings is 2. The van der Waals surface area contributed by atoms with Crippen LogP contribution in [0.25, 0.3) is 0 Å². The highest BCUT2D eigenvalue weighted by Gasteiger charge is 2.28. The lowest BCUT2D eigenvalue weighted by atomic mass is 9.93. The van der Waals surface area contributed by atoms with E-state index < -0.39 is 17.9 Å². The molecule has 1 fully saturated rings. The van der Waals surface area contributed by atoms with Gasteiger partial charge in [0.25, 0.3) is 5.91 Å². The molecule has 1 aliphatic heterocycles. The second-order valence-corrected chi connectivity index (χ2v) is 9.57. The van der Waals surface area contributed by atoms with Crippen molar-refractivity contribution in [3.8, 4) is 0 Å². The van der Waals surface area contributed by atoms with E-state index in [9.17, 15) is 9.59 Å². The van der Waals surface area contributed by atoms with Gasteiger partial charge in [-0.15, -0.1) is 0 Å². The zero-order chi connectivity index (χ0) is 25.7. The third-order valence-corrected chi connectivity index (χ3v) is 6.87. The summed E-state index contributed by atoms with van der Waals surface area (Å²) in [5.41, 5.74) is 3.24. The van der Waals surface area contributed by atoms with E-state index >= 15 is 0 Å². The number of carbonyl (C=O) groups excluding carboxylic acids is 2. The minimum absolute atomic E-state index is 0.130. The lowest BCUT2D eigenvalue weighted by Gasteiger charge is -2.41. The largest absolute Gasteiger partial charge is 0.467 e. The van der Waals surface area contributed by atoms with Crippen LogP contribution in [-0.4, -0.2) is 50.1 Å². The number of carbonyl (C=O) groups is 2. The molecule has 2 N–H and O–H groups in total. The van der Waals surface area contributed by atoms with E-state index in [-0.39, 0.29) is 22.0 Å². The average molecular weight is 527 g/mol. The van der Waals surface area contributed by atoms with E-state index in [2.05, 4.69) is 26.6 Å². The van der Waals surface area contributed by atoms with Crippen LogP contribution in [0, 0.1) is 5.92 Å². The molecule has 36 heavy (non-hydrogen) atoms. The van der Waals surface area contributed by atoms with Gasteiger partial charge in [-0.05, 0) is 54.3 Å². The molecule has 1 saturated heterocycles. The number of hydrogen-bond donors (Lipinski definition) is 2. The minimum atomic E-state index is -0.880. The van der Waals surface area contributed by atoms with Crippen LogP contribution >= 0.6 is 23.2 Å². The maximum Gasteiger partial charge on any atom is 0.328 e. The predicted octanol–water partition coefficient (Wildman–Crippen LogP) is 4.62. The Morgan fingerprint density at radius 3 is 2.36 bits per heavy atom. The summed E-state index contributed by atoms with van der Waals surface area (Å²) in [6.45, 7) is 1.93. The summed E-state index contributed by atoms with van der Waals surface area (Å²) in [6.07, 6.45) is 1.22. The predicted molar refractivity (Wildman–Crippen MR) is 143 cm³/mol. The monoisotopic (exact) mass is 526 g/mol. The van der Waals surface area contributed by atoms with Gasteiger partial charge in [-0.3, -0.25) is 4.79 Å². The molecular weight excluding hydrogens is 499 g/mol. The Balaban J connectivity index is 1.35. The van der Waals surface area contributed by atoms with Crippen LogP contribution < -0.4 is 15.5 Å². The molecule has 0 bridgehead atoms. The molecule has 2 heterocycles. The first kappa shape index (κ1) is 25.8. The molecule has 0 spiro atoms. The molecule has 1 unspecified atom stereocenters. The molecule has 1 amide bonds. The summed E-state index contributed by atoms with van der Waals surface area (Å²) in [5.74, 6) is 0.367. The Bertz CT molecular complexity index is 1210. The van der Waals surface area contributed by atoms with E-state index in [0.717, 1.165) is 42.3 Å². The van der Waals surface area contributed by atoms with Gasteiger partial charge in [-0.25, -0.2) is 9.78 Å². The Labute approximate surface area is 220 Å². The number of ether oxygens (including phenoxy) is 1. The van der Waals surface area contributed by atoms with E-state index in [1.54, 1.807) is 18.2 Å². The zero-order valence-electron chi connectivity index (χ0n) is 20.1. The highest BCUT2D eigenvalue weighted by Crippen LogP contribution is 2.28. The second kappa shape index (κ2) is 11.6. The van der Waals surface area contributed by atoms with E-state index in [1.165, 1.54) is 7.11 Å². The number of pyridine rings is 1. The van der Waals surface area contributed by atoms with E-state index in [4.69, 9.17) is 27.9 Å². The van der Waals surface area contributed by atoms with E-state index in [0.29, 0.717) is 5.92 Å². The van der Waals surface area contributed by atoms with Crippen molar-refractivity contribution in [2.75, 3.05) is 37.5 Å². The van der Waals surface area contributed by atoms with Gasteiger partial charge in [0.15, 0.2) is 0 Å². The van der Waals surface area contributed by atoms with Crippen molar-refractivity contribution in [3.05, 3.63) is 87.5 Å². The molecule has 9 heteroatoms. The molecule has 188 valence electrons. The van der Waals surface area contributed by atoms with Crippen LogP contribution in [0.2, 0.25) is 10.0 Å². The first-order chi connectivity index (χ1) is 17.4. The first-order valence-electron chi connectivity index (χ1n) is 11.7. The van der Waals surface area contributed by atoms with Crippen LogP contribution in [0.3, 0.4) is 0 Å². The fourth-order valence-electron chi connectivity index (χ4n) is 4.30. The fourth-order valence-corrected chi connectivity index (χ4v) is 4.87. The van der Waals surface area contributed by atoms with Crippen LogP contribution in [0.1, 0.15) is 21.6 Å². The van der Waals surface area contributed by atoms with Crippen molar-refractivity contribution in [1.82, 2.24) is 10.3 Å². The number of halogens is 2. The van der Waals surface area contributed by atoms with Gasteiger partial charge >= 0.3 is 5.97 Å². The number of methoxy groups -OCH3 is 1. The normalized spacial score (nSPS) is 14.1. The maximum atomic E-state index is 12.8. The van der Waals surface area contributed by atoms with Gasteiger partial charge in [0.2, 0.25) is 0 Å². The van der Waals surface area contributed by atoms with Gasteiger partial charge in [0, 0.05) is 37.9 Å². The van der Waals surface area contributed by atoms with Gasteiger partial charge < -0.3 is 20.3 Å².